The Morgan fingerprint density at radius 3 is 2.71 bits per heavy atom. The highest BCUT2D eigenvalue weighted by Gasteiger charge is 2.05. The lowest BCUT2D eigenvalue weighted by Crippen LogP contribution is -1.83. The van der Waals surface area contributed by atoms with Crippen molar-refractivity contribution < 1.29 is 5.11 Å². The molecule has 0 spiro atoms. The first kappa shape index (κ1) is 8.97. The summed E-state index contributed by atoms with van der Waals surface area (Å²) in [7, 11) is 0. The molecule has 0 aliphatic carbocycles. The Bertz CT molecular complexity index is 445. The standard InChI is InChI=1S/C10H7ClN2O/c11-9-4-3-8(10(14)13-9)7-2-1-5-12-6-7/h1-6H,(H,13,14). The van der Waals surface area contributed by atoms with Crippen LogP contribution in [0.4, 0.5) is 0 Å². The Hall–Kier alpha value is -1.61. The average molecular weight is 207 g/mol. The minimum atomic E-state index is -0.0782. The number of aromatic nitrogens is 2. The molecular weight excluding hydrogens is 200 g/mol. The Morgan fingerprint density at radius 2 is 2.07 bits per heavy atom. The van der Waals surface area contributed by atoms with Crippen LogP contribution in [0.2, 0.25) is 5.15 Å². The summed E-state index contributed by atoms with van der Waals surface area (Å²) in [5.41, 5.74) is 1.44. The largest absolute Gasteiger partial charge is 0.493 e. The topological polar surface area (TPSA) is 46.0 Å². The van der Waals surface area contributed by atoms with E-state index >= 15 is 0 Å². The lowest BCUT2D eigenvalue weighted by Gasteiger charge is -2.02. The molecule has 14 heavy (non-hydrogen) atoms. The summed E-state index contributed by atoms with van der Waals surface area (Å²) in [5.74, 6) is -0.0782. The van der Waals surface area contributed by atoms with Crippen molar-refractivity contribution in [1.82, 2.24) is 9.97 Å². The van der Waals surface area contributed by atoms with Gasteiger partial charge in [0, 0.05) is 23.5 Å². The first-order valence-electron chi connectivity index (χ1n) is 4.03. The van der Waals surface area contributed by atoms with Gasteiger partial charge in [-0.3, -0.25) is 4.98 Å². The molecule has 0 fully saturated rings. The maximum absolute atomic E-state index is 9.52. The van der Waals surface area contributed by atoms with Crippen molar-refractivity contribution in [3.8, 4) is 17.0 Å². The Labute approximate surface area is 86.0 Å². The summed E-state index contributed by atoms with van der Waals surface area (Å²) >= 11 is 5.62. The first-order valence-corrected chi connectivity index (χ1v) is 4.41. The fourth-order valence-electron chi connectivity index (χ4n) is 1.17. The third kappa shape index (κ3) is 1.67. The zero-order chi connectivity index (χ0) is 9.97. The van der Waals surface area contributed by atoms with Crippen LogP contribution < -0.4 is 0 Å². The summed E-state index contributed by atoms with van der Waals surface area (Å²) in [5, 5.41) is 9.79. The molecule has 2 aromatic heterocycles. The van der Waals surface area contributed by atoms with E-state index in [9.17, 15) is 5.11 Å². The van der Waals surface area contributed by atoms with Gasteiger partial charge in [0.25, 0.3) is 0 Å². The molecule has 2 heterocycles. The number of pyridine rings is 2. The Balaban J connectivity index is 2.53. The number of halogens is 1. The second-order valence-electron chi connectivity index (χ2n) is 2.75. The van der Waals surface area contributed by atoms with E-state index in [1.807, 2.05) is 6.07 Å². The smallest absolute Gasteiger partial charge is 0.220 e. The molecule has 0 unspecified atom stereocenters. The third-order valence-corrected chi connectivity index (χ3v) is 2.02. The molecule has 0 saturated heterocycles. The van der Waals surface area contributed by atoms with E-state index in [2.05, 4.69) is 9.97 Å². The number of hydrogen-bond acceptors (Lipinski definition) is 3. The van der Waals surface area contributed by atoms with Crippen molar-refractivity contribution in [1.29, 1.82) is 0 Å². The molecule has 0 aliphatic rings. The molecule has 3 nitrogen and oxygen atoms in total. The normalized spacial score (nSPS) is 10.1. The fourth-order valence-corrected chi connectivity index (χ4v) is 1.32. The zero-order valence-corrected chi connectivity index (χ0v) is 7.94. The van der Waals surface area contributed by atoms with Crippen LogP contribution in [0.15, 0.2) is 36.7 Å². The van der Waals surface area contributed by atoms with Crippen LogP contribution in [0.3, 0.4) is 0 Å². The molecular formula is C10H7ClN2O. The van der Waals surface area contributed by atoms with Gasteiger partial charge < -0.3 is 5.11 Å². The molecule has 2 rings (SSSR count). The maximum atomic E-state index is 9.52. The van der Waals surface area contributed by atoms with E-state index < -0.39 is 0 Å². The lowest BCUT2D eigenvalue weighted by molar-refractivity contribution is 0.456. The van der Waals surface area contributed by atoms with E-state index in [4.69, 9.17) is 11.6 Å². The van der Waals surface area contributed by atoms with Gasteiger partial charge in [-0.1, -0.05) is 17.7 Å². The van der Waals surface area contributed by atoms with Crippen LogP contribution in [-0.2, 0) is 0 Å². The van der Waals surface area contributed by atoms with Crippen LogP contribution >= 0.6 is 11.6 Å². The molecule has 2 aromatic rings. The van der Waals surface area contributed by atoms with Crippen molar-refractivity contribution >= 4 is 11.6 Å². The van der Waals surface area contributed by atoms with E-state index in [0.29, 0.717) is 5.56 Å². The van der Waals surface area contributed by atoms with Crippen LogP contribution in [0.1, 0.15) is 0 Å². The first-order chi connectivity index (χ1) is 6.77. The quantitative estimate of drug-likeness (QED) is 0.730. The fraction of sp³-hybridized carbons (Fsp3) is 0. The van der Waals surface area contributed by atoms with Gasteiger partial charge in [0.2, 0.25) is 5.88 Å². The van der Waals surface area contributed by atoms with Crippen molar-refractivity contribution in [3.05, 3.63) is 41.8 Å². The summed E-state index contributed by atoms with van der Waals surface area (Å²) in [6.07, 6.45) is 3.33. The summed E-state index contributed by atoms with van der Waals surface area (Å²) in [6, 6.07) is 6.98. The highest BCUT2D eigenvalue weighted by molar-refractivity contribution is 6.29. The molecule has 0 saturated carbocycles. The van der Waals surface area contributed by atoms with Gasteiger partial charge in [-0.25, -0.2) is 4.98 Å². The molecule has 0 aromatic carbocycles. The van der Waals surface area contributed by atoms with E-state index in [0.717, 1.165) is 5.56 Å². The average Bonchev–Trinajstić information content (AvgIpc) is 2.19. The van der Waals surface area contributed by atoms with Crippen LogP contribution in [0.5, 0.6) is 5.88 Å². The predicted molar refractivity (Wildman–Crippen MR) is 54.1 cm³/mol. The number of rotatable bonds is 1. The zero-order valence-electron chi connectivity index (χ0n) is 7.18. The van der Waals surface area contributed by atoms with Gasteiger partial charge in [0.1, 0.15) is 5.15 Å². The van der Waals surface area contributed by atoms with Crippen LogP contribution in [0.25, 0.3) is 11.1 Å². The summed E-state index contributed by atoms with van der Waals surface area (Å²) in [4.78, 5) is 7.70. The SMILES string of the molecule is Oc1nc(Cl)ccc1-c1cccnc1. The molecule has 1 N–H and O–H groups in total. The van der Waals surface area contributed by atoms with E-state index in [1.54, 1.807) is 30.6 Å². The Kier molecular flexibility index (Phi) is 2.33. The molecule has 0 radical (unpaired) electrons. The van der Waals surface area contributed by atoms with Gasteiger partial charge in [-0.15, -0.1) is 0 Å². The van der Waals surface area contributed by atoms with Crippen LogP contribution in [0, 0.1) is 0 Å². The molecule has 0 bridgehead atoms. The van der Waals surface area contributed by atoms with Crippen molar-refractivity contribution in [2.75, 3.05) is 0 Å². The minimum Gasteiger partial charge on any atom is -0.493 e. The monoisotopic (exact) mass is 206 g/mol. The highest BCUT2D eigenvalue weighted by Crippen LogP contribution is 2.27. The third-order valence-electron chi connectivity index (χ3n) is 1.81. The summed E-state index contributed by atoms with van der Waals surface area (Å²) < 4.78 is 0. The second-order valence-corrected chi connectivity index (χ2v) is 3.13. The number of hydrogen-bond donors (Lipinski definition) is 1. The molecule has 0 amide bonds. The van der Waals surface area contributed by atoms with Crippen LogP contribution in [-0.4, -0.2) is 15.1 Å². The van der Waals surface area contributed by atoms with Gasteiger partial charge in [0.15, 0.2) is 0 Å². The van der Waals surface area contributed by atoms with Crippen molar-refractivity contribution in [2.45, 2.75) is 0 Å². The predicted octanol–water partition coefficient (Wildman–Crippen LogP) is 2.50. The number of nitrogens with zero attached hydrogens (tertiary/aromatic N) is 2. The van der Waals surface area contributed by atoms with Gasteiger partial charge in [-0.2, -0.15) is 0 Å². The van der Waals surface area contributed by atoms with E-state index in [1.165, 1.54) is 0 Å². The van der Waals surface area contributed by atoms with Gasteiger partial charge in [0.05, 0.1) is 0 Å². The number of aromatic hydroxyl groups is 1. The molecule has 0 aliphatic heterocycles. The summed E-state index contributed by atoms with van der Waals surface area (Å²) in [6.45, 7) is 0. The second kappa shape index (κ2) is 3.64. The molecule has 4 heteroatoms. The van der Waals surface area contributed by atoms with Gasteiger partial charge in [-0.05, 0) is 18.2 Å². The van der Waals surface area contributed by atoms with E-state index in [-0.39, 0.29) is 11.0 Å². The Morgan fingerprint density at radius 1 is 1.21 bits per heavy atom. The highest BCUT2D eigenvalue weighted by atomic mass is 35.5. The van der Waals surface area contributed by atoms with Crippen molar-refractivity contribution in [2.24, 2.45) is 0 Å². The van der Waals surface area contributed by atoms with Crippen molar-refractivity contribution in [3.63, 3.8) is 0 Å². The lowest BCUT2D eigenvalue weighted by atomic mass is 10.1. The van der Waals surface area contributed by atoms with Gasteiger partial charge >= 0.3 is 0 Å². The minimum absolute atomic E-state index is 0.0782. The molecule has 0 atom stereocenters. The maximum Gasteiger partial charge on any atom is 0.220 e. The molecule has 70 valence electrons.